The maximum absolute atomic E-state index is 12.4. The highest BCUT2D eigenvalue weighted by atomic mass is 16.2. The van der Waals surface area contributed by atoms with Gasteiger partial charge in [-0.2, -0.15) is 0 Å². The van der Waals surface area contributed by atoms with Crippen LogP contribution >= 0.6 is 0 Å². The Morgan fingerprint density at radius 2 is 1.48 bits per heavy atom. The topological polar surface area (TPSA) is 54.5 Å². The summed E-state index contributed by atoms with van der Waals surface area (Å²) in [5, 5.41) is 0. The molecule has 0 saturated carbocycles. The molecule has 0 aromatic heterocycles. The van der Waals surface area contributed by atoms with Crippen LogP contribution in [0.1, 0.15) is 10.4 Å². The van der Waals surface area contributed by atoms with E-state index in [9.17, 15) is 14.4 Å². The Bertz CT molecular complexity index is 694. The van der Waals surface area contributed by atoms with Crippen molar-refractivity contribution in [2.75, 3.05) is 11.4 Å². The summed E-state index contributed by atoms with van der Waals surface area (Å²) in [5.74, 6) is -2.44. The lowest BCUT2D eigenvalue weighted by molar-refractivity contribution is -0.124. The van der Waals surface area contributed by atoms with Gasteiger partial charge in [0.25, 0.3) is 0 Å². The van der Waals surface area contributed by atoms with Crippen LogP contribution in [0.5, 0.6) is 0 Å². The smallest absolute Gasteiger partial charge is 0.246 e. The van der Waals surface area contributed by atoms with Gasteiger partial charge in [-0.3, -0.25) is 14.4 Å². The van der Waals surface area contributed by atoms with Crippen molar-refractivity contribution in [2.24, 2.45) is 5.92 Å². The summed E-state index contributed by atoms with van der Waals surface area (Å²) in [6.45, 7) is -0.0495. The van der Waals surface area contributed by atoms with Gasteiger partial charge in [-0.25, -0.2) is 0 Å². The van der Waals surface area contributed by atoms with E-state index in [0.717, 1.165) is 0 Å². The molecule has 3 rings (SSSR count). The van der Waals surface area contributed by atoms with Crippen molar-refractivity contribution in [3.8, 4) is 0 Å². The Labute approximate surface area is 122 Å². The molecule has 4 nitrogen and oxygen atoms in total. The number of anilines is 1. The van der Waals surface area contributed by atoms with Crippen LogP contribution < -0.4 is 4.90 Å². The molecule has 1 atom stereocenters. The van der Waals surface area contributed by atoms with Gasteiger partial charge in [-0.1, -0.05) is 48.5 Å². The molecular weight excluding hydrogens is 266 g/mol. The van der Waals surface area contributed by atoms with E-state index in [4.69, 9.17) is 0 Å². The highest BCUT2D eigenvalue weighted by molar-refractivity contribution is 6.31. The third-order valence-electron chi connectivity index (χ3n) is 3.54. The lowest BCUT2D eigenvalue weighted by atomic mass is 9.95. The molecule has 0 aliphatic carbocycles. The number of amides is 1. The van der Waals surface area contributed by atoms with Crippen LogP contribution in [0.15, 0.2) is 60.7 Å². The van der Waals surface area contributed by atoms with Gasteiger partial charge in [-0.05, 0) is 12.1 Å². The SMILES string of the molecule is O=C1CN(c2ccccc2)C(=O)C1C(=O)c1ccccc1. The maximum atomic E-state index is 12.4. The number of para-hydroxylation sites is 1. The first kappa shape index (κ1) is 13.2. The van der Waals surface area contributed by atoms with Gasteiger partial charge in [-0.15, -0.1) is 0 Å². The number of carbonyl (C=O) groups is 3. The van der Waals surface area contributed by atoms with E-state index in [1.165, 1.54) is 4.90 Å². The monoisotopic (exact) mass is 279 g/mol. The first-order valence-corrected chi connectivity index (χ1v) is 6.67. The fraction of sp³-hybridized carbons (Fsp3) is 0.118. The number of nitrogens with zero attached hydrogens (tertiary/aromatic N) is 1. The minimum absolute atomic E-state index is 0.0495. The van der Waals surface area contributed by atoms with Crippen LogP contribution in [0, 0.1) is 5.92 Å². The van der Waals surface area contributed by atoms with E-state index < -0.39 is 17.6 Å². The molecule has 1 amide bonds. The van der Waals surface area contributed by atoms with E-state index in [1.54, 1.807) is 54.6 Å². The molecule has 2 aromatic carbocycles. The first-order chi connectivity index (χ1) is 10.2. The average Bonchev–Trinajstić information content (AvgIpc) is 2.83. The van der Waals surface area contributed by atoms with Crippen LogP contribution in [0.4, 0.5) is 5.69 Å². The predicted molar refractivity (Wildman–Crippen MR) is 78.1 cm³/mol. The van der Waals surface area contributed by atoms with Gasteiger partial charge in [0, 0.05) is 11.3 Å². The zero-order valence-corrected chi connectivity index (χ0v) is 11.2. The molecule has 0 radical (unpaired) electrons. The minimum Gasteiger partial charge on any atom is -0.304 e. The fourth-order valence-electron chi connectivity index (χ4n) is 2.47. The molecule has 104 valence electrons. The second-order valence-corrected chi connectivity index (χ2v) is 4.89. The van der Waals surface area contributed by atoms with Crippen LogP contribution in [-0.4, -0.2) is 24.0 Å². The average molecular weight is 279 g/mol. The van der Waals surface area contributed by atoms with Crippen LogP contribution in [0.2, 0.25) is 0 Å². The van der Waals surface area contributed by atoms with Gasteiger partial charge in [0.2, 0.25) is 5.91 Å². The van der Waals surface area contributed by atoms with Gasteiger partial charge >= 0.3 is 0 Å². The predicted octanol–water partition coefficient (Wildman–Crippen LogP) is 2.10. The third kappa shape index (κ3) is 2.36. The molecule has 1 aliphatic rings. The molecule has 1 unspecified atom stereocenters. The first-order valence-electron chi connectivity index (χ1n) is 6.67. The Kier molecular flexibility index (Phi) is 3.36. The molecule has 4 heteroatoms. The zero-order chi connectivity index (χ0) is 14.8. The normalized spacial score (nSPS) is 18.1. The second-order valence-electron chi connectivity index (χ2n) is 4.89. The Morgan fingerprint density at radius 3 is 2.10 bits per heavy atom. The number of carbonyl (C=O) groups excluding carboxylic acids is 3. The molecule has 21 heavy (non-hydrogen) atoms. The molecule has 2 aromatic rings. The van der Waals surface area contributed by atoms with Crippen LogP contribution in [0.3, 0.4) is 0 Å². The van der Waals surface area contributed by atoms with E-state index in [-0.39, 0.29) is 12.3 Å². The van der Waals surface area contributed by atoms with Crippen molar-refractivity contribution in [1.29, 1.82) is 0 Å². The summed E-state index contributed by atoms with van der Waals surface area (Å²) in [7, 11) is 0. The highest BCUT2D eigenvalue weighted by Crippen LogP contribution is 2.25. The Hall–Kier alpha value is -2.75. The number of hydrogen-bond donors (Lipinski definition) is 0. The summed E-state index contributed by atoms with van der Waals surface area (Å²) in [4.78, 5) is 38.3. The number of ketones is 2. The standard InChI is InChI=1S/C17H13NO3/c19-14-11-18(13-9-5-2-6-10-13)17(21)15(14)16(20)12-7-3-1-4-8-12/h1-10,15H,11H2. The van der Waals surface area contributed by atoms with Gasteiger partial charge in [0.1, 0.15) is 0 Å². The molecule has 1 aliphatic heterocycles. The molecule has 0 spiro atoms. The van der Waals surface area contributed by atoms with Gasteiger partial charge in [0.15, 0.2) is 17.5 Å². The van der Waals surface area contributed by atoms with Crippen LogP contribution in [-0.2, 0) is 9.59 Å². The minimum atomic E-state index is -1.22. The zero-order valence-electron chi connectivity index (χ0n) is 11.2. The molecule has 0 bridgehead atoms. The number of rotatable bonds is 3. The van der Waals surface area contributed by atoms with E-state index in [2.05, 4.69) is 0 Å². The lowest BCUT2D eigenvalue weighted by Crippen LogP contribution is -2.31. The Morgan fingerprint density at radius 1 is 0.905 bits per heavy atom. The summed E-state index contributed by atoms with van der Waals surface area (Å²) in [6, 6.07) is 17.4. The fourth-order valence-corrected chi connectivity index (χ4v) is 2.47. The van der Waals surface area contributed by atoms with E-state index >= 15 is 0 Å². The largest absolute Gasteiger partial charge is 0.304 e. The maximum Gasteiger partial charge on any atom is 0.246 e. The van der Waals surface area contributed by atoms with E-state index in [0.29, 0.717) is 11.3 Å². The number of benzene rings is 2. The highest BCUT2D eigenvalue weighted by Gasteiger charge is 2.44. The molecular formula is C17H13NO3. The number of Topliss-reactive ketones (excluding diaryl/α,β-unsaturated/α-hetero) is 2. The second kappa shape index (κ2) is 5.32. The molecule has 0 N–H and O–H groups in total. The van der Waals surface area contributed by atoms with Crippen LogP contribution in [0.25, 0.3) is 0 Å². The Balaban J connectivity index is 1.90. The summed E-state index contributed by atoms with van der Waals surface area (Å²) in [5.41, 5.74) is 1.03. The van der Waals surface area contributed by atoms with Gasteiger partial charge < -0.3 is 4.90 Å². The van der Waals surface area contributed by atoms with Gasteiger partial charge in [0.05, 0.1) is 6.54 Å². The molecule has 1 fully saturated rings. The summed E-state index contributed by atoms with van der Waals surface area (Å²) in [6.07, 6.45) is 0. The van der Waals surface area contributed by atoms with Crippen molar-refractivity contribution >= 4 is 23.2 Å². The van der Waals surface area contributed by atoms with Crippen molar-refractivity contribution in [3.05, 3.63) is 66.2 Å². The summed E-state index contributed by atoms with van der Waals surface area (Å²) >= 11 is 0. The van der Waals surface area contributed by atoms with Crippen molar-refractivity contribution in [3.63, 3.8) is 0 Å². The van der Waals surface area contributed by atoms with Crippen molar-refractivity contribution in [2.45, 2.75) is 0 Å². The van der Waals surface area contributed by atoms with E-state index in [1.807, 2.05) is 6.07 Å². The molecule has 1 saturated heterocycles. The molecule has 1 heterocycles. The van der Waals surface area contributed by atoms with Crippen molar-refractivity contribution in [1.82, 2.24) is 0 Å². The quantitative estimate of drug-likeness (QED) is 0.638. The number of hydrogen-bond acceptors (Lipinski definition) is 3. The third-order valence-corrected chi connectivity index (χ3v) is 3.54. The van der Waals surface area contributed by atoms with Crippen molar-refractivity contribution < 1.29 is 14.4 Å². The summed E-state index contributed by atoms with van der Waals surface area (Å²) < 4.78 is 0. The lowest BCUT2D eigenvalue weighted by Gasteiger charge is -2.15.